The Morgan fingerprint density at radius 2 is 2.12 bits per heavy atom. The van der Waals surface area contributed by atoms with Gasteiger partial charge in [-0.1, -0.05) is 32.0 Å². The highest BCUT2D eigenvalue weighted by Crippen LogP contribution is 2.26. The quantitative estimate of drug-likeness (QED) is 0.881. The average molecular weight is 230 g/mol. The summed E-state index contributed by atoms with van der Waals surface area (Å²) >= 11 is 0. The minimum absolute atomic E-state index is 0.387. The summed E-state index contributed by atoms with van der Waals surface area (Å²) < 4.78 is 5.17. The third-order valence-corrected chi connectivity index (χ3v) is 2.91. The predicted octanol–water partition coefficient (Wildman–Crippen LogP) is 3.09. The molecule has 3 heteroatoms. The molecule has 1 heterocycles. The number of hydrogen-bond acceptors (Lipinski definition) is 3. The summed E-state index contributed by atoms with van der Waals surface area (Å²) in [5.41, 5.74) is 9.12. The molecule has 2 N–H and O–H groups in total. The molecule has 2 rings (SSSR count). The van der Waals surface area contributed by atoms with Gasteiger partial charge in [0.15, 0.2) is 0 Å². The molecule has 0 atom stereocenters. The molecular weight excluding hydrogens is 212 g/mol. The van der Waals surface area contributed by atoms with Crippen LogP contribution in [0.15, 0.2) is 24.3 Å². The van der Waals surface area contributed by atoms with Gasteiger partial charge in [-0.2, -0.15) is 0 Å². The van der Waals surface area contributed by atoms with Crippen molar-refractivity contribution in [2.45, 2.75) is 26.4 Å². The van der Waals surface area contributed by atoms with E-state index in [1.54, 1.807) is 7.11 Å². The number of hydrogen-bond donors (Lipinski definition) is 1. The van der Waals surface area contributed by atoms with Crippen molar-refractivity contribution in [1.29, 1.82) is 0 Å². The van der Waals surface area contributed by atoms with Crippen LogP contribution in [0.2, 0.25) is 0 Å². The topological polar surface area (TPSA) is 48.1 Å². The first-order valence-corrected chi connectivity index (χ1v) is 5.80. The Bertz CT molecular complexity index is 535. The fourth-order valence-electron chi connectivity index (χ4n) is 2.02. The van der Waals surface area contributed by atoms with Crippen LogP contribution >= 0.6 is 0 Å². The lowest BCUT2D eigenvalue weighted by molar-refractivity contribution is 0.186. The van der Waals surface area contributed by atoms with Gasteiger partial charge < -0.3 is 10.5 Å². The molecular formula is C14H18N2O. The first-order valence-electron chi connectivity index (χ1n) is 5.80. The van der Waals surface area contributed by atoms with Crippen molar-refractivity contribution in [3.63, 3.8) is 0 Å². The lowest BCUT2D eigenvalue weighted by Crippen LogP contribution is -2.01. The molecule has 1 aromatic heterocycles. The molecule has 1 aromatic carbocycles. The van der Waals surface area contributed by atoms with Crippen LogP contribution in [-0.4, -0.2) is 12.1 Å². The Morgan fingerprint density at radius 1 is 1.35 bits per heavy atom. The van der Waals surface area contributed by atoms with Crippen molar-refractivity contribution in [2.24, 2.45) is 0 Å². The van der Waals surface area contributed by atoms with E-state index in [-0.39, 0.29) is 0 Å². The van der Waals surface area contributed by atoms with Gasteiger partial charge in [0.05, 0.1) is 12.1 Å². The van der Waals surface area contributed by atoms with E-state index in [2.05, 4.69) is 31.0 Å². The predicted molar refractivity (Wildman–Crippen MR) is 71.0 cm³/mol. The van der Waals surface area contributed by atoms with Gasteiger partial charge in [0.1, 0.15) is 5.82 Å². The van der Waals surface area contributed by atoms with Crippen molar-refractivity contribution >= 4 is 16.7 Å². The highest BCUT2D eigenvalue weighted by atomic mass is 16.5. The summed E-state index contributed by atoms with van der Waals surface area (Å²) in [4.78, 5) is 4.51. The van der Waals surface area contributed by atoms with E-state index < -0.39 is 0 Å². The number of aromatic nitrogens is 1. The smallest absolute Gasteiger partial charge is 0.127 e. The van der Waals surface area contributed by atoms with Crippen LogP contribution < -0.4 is 5.73 Å². The van der Waals surface area contributed by atoms with E-state index in [1.165, 1.54) is 0 Å². The molecule has 0 fully saturated rings. The summed E-state index contributed by atoms with van der Waals surface area (Å²) in [6.07, 6.45) is 0. The number of benzene rings is 1. The second-order valence-electron chi connectivity index (χ2n) is 4.54. The second-order valence-corrected chi connectivity index (χ2v) is 4.54. The molecule has 0 aliphatic carbocycles. The molecule has 0 unspecified atom stereocenters. The molecule has 90 valence electrons. The zero-order valence-corrected chi connectivity index (χ0v) is 10.5. The van der Waals surface area contributed by atoms with Crippen molar-refractivity contribution in [1.82, 2.24) is 4.98 Å². The molecule has 0 aliphatic rings. The molecule has 0 amide bonds. The number of methoxy groups -OCH3 is 1. The van der Waals surface area contributed by atoms with E-state index in [0.29, 0.717) is 18.3 Å². The number of anilines is 1. The van der Waals surface area contributed by atoms with Crippen LogP contribution in [0.5, 0.6) is 0 Å². The minimum atomic E-state index is 0.387. The first kappa shape index (κ1) is 11.9. The van der Waals surface area contributed by atoms with Crippen molar-refractivity contribution < 1.29 is 4.74 Å². The third-order valence-electron chi connectivity index (χ3n) is 2.91. The lowest BCUT2D eigenvalue weighted by Gasteiger charge is -2.12. The summed E-state index contributed by atoms with van der Waals surface area (Å²) in [5.74, 6) is 1.01. The van der Waals surface area contributed by atoms with Gasteiger partial charge >= 0.3 is 0 Å². The monoisotopic (exact) mass is 230 g/mol. The van der Waals surface area contributed by atoms with Gasteiger partial charge in [-0.25, -0.2) is 4.98 Å². The molecule has 0 radical (unpaired) electrons. The minimum Gasteiger partial charge on any atom is -0.383 e. The Morgan fingerprint density at radius 3 is 2.76 bits per heavy atom. The van der Waals surface area contributed by atoms with Crippen LogP contribution in [-0.2, 0) is 11.3 Å². The van der Waals surface area contributed by atoms with Crippen LogP contribution in [0.3, 0.4) is 0 Å². The number of pyridine rings is 1. The number of nitrogen functional groups attached to an aromatic ring is 1. The fourth-order valence-corrected chi connectivity index (χ4v) is 2.02. The first-order chi connectivity index (χ1) is 8.13. The summed E-state index contributed by atoms with van der Waals surface area (Å²) in [7, 11) is 1.69. The largest absolute Gasteiger partial charge is 0.383 e. The molecule has 2 aromatic rings. The molecule has 0 aliphatic heterocycles. The fraction of sp³-hybridized carbons (Fsp3) is 0.357. The van der Waals surface area contributed by atoms with E-state index in [1.807, 2.05) is 12.1 Å². The Hall–Kier alpha value is -1.61. The van der Waals surface area contributed by atoms with E-state index in [9.17, 15) is 0 Å². The van der Waals surface area contributed by atoms with Crippen LogP contribution in [0, 0.1) is 0 Å². The number of ether oxygens (including phenoxy) is 1. The molecule has 17 heavy (non-hydrogen) atoms. The number of nitrogens with zero attached hydrogens (tertiary/aromatic N) is 1. The van der Waals surface area contributed by atoms with Gasteiger partial charge in [-0.3, -0.25) is 0 Å². The van der Waals surface area contributed by atoms with Gasteiger partial charge in [-0.15, -0.1) is 0 Å². The number of fused-ring (bicyclic) bond motifs is 1. The highest BCUT2D eigenvalue weighted by molar-refractivity contribution is 5.84. The molecule has 0 spiro atoms. The van der Waals surface area contributed by atoms with E-state index in [4.69, 9.17) is 10.5 Å². The maximum Gasteiger partial charge on any atom is 0.127 e. The zero-order chi connectivity index (χ0) is 12.4. The van der Waals surface area contributed by atoms with Gasteiger partial charge in [0.2, 0.25) is 0 Å². The van der Waals surface area contributed by atoms with Crippen LogP contribution in [0.1, 0.15) is 30.9 Å². The summed E-state index contributed by atoms with van der Waals surface area (Å²) in [6, 6.07) is 8.24. The summed E-state index contributed by atoms with van der Waals surface area (Å²) in [6.45, 7) is 4.81. The van der Waals surface area contributed by atoms with Crippen LogP contribution in [0.4, 0.5) is 5.82 Å². The van der Waals surface area contributed by atoms with Gasteiger partial charge in [0.25, 0.3) is 0 Å². The third kappa shape index (κ3) is 2.24. The highest BCUT2D eigenvalue weighted by Gasteiger charge is 2.09. The summed E-state index contributed by atoms with van der Waals surface area (Å²) in [5, 5.41) is 1.12. The zero-order valence-electron chi connectivity index (χ0n) is 10.5. The SMILES string of the molecule is COCc1cccc2cc(C(C)C)c(N)nc12. The Labute approximate surface area is 102 Å². The lowest BCUT2D eigenvalue weighted by atomic mass is 10.0. The van der Waals surface area contributed by atoms with Gasteiger partial charge in [0, 0.05) is 18.1 Å². The van der Waals surface area contributed by atoms with Crippen molar-refractivity contribution in [2.75, 3.05) is 12.8 Å². The molecule has 0 saturated heterocycles. The van der Waals surface area contributed by atoms with Crippen molar-refractivity contribution in [3.05, 3.63) is 35.4 Å². The molecule has 3 nitrogen and oxygen atoms in total. The average Bonchev–Trinajstić information content (AvgIpc) is 2.29. The van der Waals surface area contributed by atoms with E-state index in [0.717, 1.165) is 22.0 Å². The standard InChI is InChI=1S/C14H18N2O/c1-9(2)12-7-10-5-4-6-11(8-17-3)13(10)16-14(12)15/h4-7,9H,8H2,1-3H3,(H2,15,16). The number of rotatable bonds is 3. The Kier molecular flexibility index (Phi) is 3.29. The van der Waals surface area contributed by atoms with Crippen molar-refractivity contribution in [3.8, 4) is 0 Å². The maximum absolute atomic E-state index is 6.00. The van der Waals surface area contributed by atoms with Crippen LogP contribution in [0.25, 0.3) is 10.9 Å². The molecule has 0 saturated carbocycles. The van der Waals surface area contributed by atoms with Gasteiger partial charge in [-0.05, 0) is 17.5 Å². The van der Waals surface area contributed by atoms with E-state index >= 15 is 0 Å². The second kappa shape index (κ2) is 4.72. The normalized spacial score (nSPS) is 11.3. The maximum atomic E-state index is 6.00. The number of para-hydroxylation sites is 1. The molecule has 0 bridgehead atoms. The Balaban J connectivity index is 2.64. The number of nitrogens with two attached hydrogens (primary N) is 1.